The summed E-state index contributed by atoms with van der Waals surface area (Å²) in [6, 6.07) is 12.6. The Morgan fingerprint density at radius 2 is 1.88 bits per heavy atom. The first-order valence-electron chi connectivity index (χ1n) is 8.55. The number of carbonyl (C=O) groups is 1. The number of piperazine rings is 1. The Bertz CT molecular complexity index is 689. The van der Waals surface area contributed by atoms with Crippen LogP contribution in [-0.4, -0.2) is 54.6 Å². The summed E-state index contributed by atoms with van der Waals surface area (Å²) in [4.78, 5) is 17.6. The number of benzene rings is 1. The molecule has 2 heterocycles. The highest BCUT2D eigenvalue weighted by Crippen LogP contribution is 2.09. The molecule has 1 aliphatic heterocycles. The standard InChI is InChI=1S/C19H24N4OS/c1-16-4-6-17(7-5-16)14-22-8-10-23(11-9-22)15-19(24)21-20-13-18-3-2-12-25-18/h2-7,12-13H,8-11,14-15H2,1H3,(H,21,24). The maximum absolute atomic E-state index is 12.0. The molecule has 0 unspecified atom stereocenters. The molecule has 0 saturated carbocycles. The zero-order chi connectivity index (χ0) is 17.5. The van der Waals surface area contributed by atoms with Crippen molar-refractivity contribution in [2.45, 2.75) is 13.5 Å². The predicted octanol–water partition coefficient (Wildman–Crippen LogP) is 2.32. The van der Waals surface area contributed by atoms with Crippen molar-refractivity contribution in [1.29, 1.82) is 0 Å². The molecule has 25 heavy (non-hydrogen) atoms. The largest absolute Gasteiger partial charge is 0.297 e. The number of rotatable bonds is 6. The quantitative estimate of drug-likeness (QED) is 0.638. The lowest BCUT2D eigenvalue weighted by Gasteiger charge is -2.34. The lowest BCUT2D eigenvalue weighted by Crippen LogP contribution is -2.48. The van der Waals surface area contributed by atoms with Crippen LogP contribution in [0.4, 0.5) is 0 Å². The molecule has 0 aliphatic carbocycles. The van der Waals surface area contributed by atoms with Gasteiger partial charge in [0, 0.05) is 37.6 Å². The zero-order valence-corrected chi connectivity index (χ0v) is 15.3. The van der Waals surface area contributed by atoms with Crippen molar-refractivity contribution in [3.05, 3.63) is 57.8 Å². The molecule has 1 aromatic heterocycles. The third-order valence-corrected chi connectivity index (χ3v) is 5.09. The summed E-state index contributed by atoms with van der Waals surface area (Å²) in [5, 5.41) is 5.99. The van der Waals surface area contributed by atoms with Gasteiger partial charge in [-0.1, -0.05) is 35.9 Å². The van der Waals surface area contributed by atoms with Gasteiger partial charge in [0.15, 0.2) is 0 Å². The summed E-state index contributed by atoms with van der Waals surface area (Å²) in [5.41, 5.74) is 5.25. The number of hydrazone groups is 1. The molecular formula is C19H24N4OS. The summed E-state index contributed by atoms with van der Waals surface area (Å²) in [6.45, 7) is 7.28. The lowest BCUT2D eigenvalue weighted by molar-refractivity contribution is -0.122. The first-order valence-corrected chi connectivity index (χ1v) is 9.43. The number of nitrogens with one attached hydrogen (secondary N) is 1. The van der Waals surface area contributed by atoms with Crippen molar-refractivity contribution in [2.75, 3.05) is 32.7 Å². The lowest BCUT2D eigenvalue weighted by atomic mass is 10.1. The molecule has 0 atom stereocenters. The van der Waals surface area contributed by atoms with Crippen molar-refractivity contribution >= 4 is 23.5 Å². The van der Waals surface area contributed by atoms with Gasteiger partial charge in [0.2, 0.25) is 0 Å². The molecule has 6 heteroatoms. The minimum Gasteiger partial charge on any atom is -0.297 e. The molecule has 1 aliphatic rings. The smallest absolute Gasteiger partial charge is 0.254 e. The first kappa shape index (κ1) is 17.8. The minimum absolute atomic E-state index is 0.0557. The van der Waals surface area contributed by atoms with Crippen LogP contribution < -0.4 is 5.43 Å². The van der Waals surface area contributed by atoms with Crippen LogP contribution in [0.25, 0.3) is 0 Å². The van der Waals surface area contributed by atoms with Crippen molar-refractivity contribution in [2.24, 2.45) is 5.10 Å². The van der Waals surface area contributed by atoms with Crippen LogP contribution in [0.3, 0.4) is 0 Å². The summed E-state index contributed by atoms with van der Waals surface area (Å²) in [6.07, 6.45) is 1.68. The van der Waals surface area contributed by atoms with Gasteiger partial charge in [0.25, 0.3) is 5.91 Å². The van der Waals surface area contributed by atoms with E-state index in [2.05, 4.69) is 51.5 Å². The van der Waals surface area contributed by atoms with Gasteiger partial charge < -0.3 is 0 Å². The Labute approximate surface area is 153 Å². The van der Waals surface area contributed by atoms with E-state index < -0.39 is 0 Å². The summed E-state index contributed by atoms with van der Waals surface area (Å²) >= 11 is 1.60. The fourth-order valence-electron chi connectivity index (χ4n) is 2.83. The molecule has 2 aromatic rings. The SMILES string of the molecule is Cc1ccc(CN2CCN(CC(=O)NN=Cc3cccs3)CC2)cc1. The highest BCUT2D eigenvalue weighted by Gasteiger charge is 2.18. The Hall–Kier alpha value is -2.02. The van der Waals surface area contributed by atoms with E-state index in [0.717, 1.165) is 37.6 Å². The van der Waals surface area contributed by atoms with Gasteiger partial charge in [-0.3, -0.25) is 14.6 Å². The topological polar surface area (TPSA) is 47.9 Å². The maximum Gasteiger partial charge on any atom is 0.254 e. The van der Waals surface area contributed by atoms with Gasteiger partial charge in [-0.2, -0.15) is 5.10 Å². The maximum atomic E-state index is 12.0. The summed E-state index contributed by atoms with van der Waals surface area (Å²) < 4.78 is 0. The average molecular weight is 356 g/mol. The van der Waals surface area contributed by atoms with Gasteiger partial charge in [-0.05, 0) is 23.9 Å². The van der Waals surface area contributed by atoms with E-state index in [4.69, 9.17) is 0 Å². The molecule has 0 bridgehead atoms. The van der Waals surface area contributed by atoms with Crippen molar-refractivity contribution in [3.63, 3.8) is 0 Å². The molecular weight excluding hydrogens is 332 g/mol. The van der Waals surface area contributed by atoms with Gasteiger partial charge in [0.05, 0.1) is 12.8 Å². The molecule has 3 rings (SSSR count). The number of hydrogen-bond donors (Lipinski definition) is 1. The molecule has 1 aromatic carbocycles. The number of carbonyl (C=O) groups excluding carboxylic acids is 1. The molecule has 132 valence electrons. The van der Waals surface area contributed by atoms with Gasteiger partial charge >= 0.3 is 0 Å². The van der Waals surface area contributed by atoms with Crippen LogP contribution in [0, 0.1) is 6.92 Å². The van der Waals surface area contributed by atoms with Crippen LogP contribution in [0.15, 0.2) is 46.9 Å². The third-order valence-electron chi connectivity index (χ3n) is 4.28. The third kappa shape index (κ3) is 5.77. The Morgan fingerprint density at radius 1 is 1.16 bits per heavy atom. The van der Waals surface area contributed by atoms with Crippen LogP contribution >= 0.6 is 11.3 Å². The molecule has 0 spiro atoms. The molecule has 0 radical (unpaired) electrons. The van der Waals surface area contributed by atoms with E-state index in [9.17, 15) is 4.79 Å². The Kier molecular flexibility index (Phi) is 6.33. The fourth-order valence-corrected chi connectivity index (χ4v) is 3.41. The Morgan fingerprint density at radius 3 is 2.56 bits per heavy atom. The first-order chi connectivity index (χ1) is 12.2. The number of hydrogen-bond acceptors (Lipinski definition) is 5. The van der Waals surface area contributed by atoms with Gasteiger partial charge in [0.1, 0.15) is 0 Å². The second kappa shape index (κ2) is 8.89. The second-order valence-corrected chi connectivity index (χ2v) is 7.33. The predicted molar refractivity (Wildman–Crippen MR) is 103 cm³/mol. The summed E-state index contributed by atoms with van der Waals surface area (Å²) in [7, 11) is 0. The van der Waals surface area contributed by atoms with E-state index in [-0.39, 0.29) is 5.91 Å². The number of thiophene rings is 1. The van der Waals surface area contributed by atoms with Crippen molar-refractivity contribution in [1.82, 2.24) is 15.2 Å². The number of amides is 1. The van der Waals surface area contributed by atoms with Crippen molar-refractivity contribution in [3.8, 4) is 0 Å². The van der Waals surface area contributed by atoms with Crippen LogP contribution in [0.1, 0.15) is 16.0 Å². The average Bonchev–Trinajstić information content (AvgIpc) is 3.12. The Balaban J connectivity index is 1.37. The molecule has 1 N–H and O–H groups in total. The van der Waals surface area contributed by atoms with Crippen molar-refractivity contribution < 1.29 is 4.79 Å². The monoisotopic (exact) mass is 356 g/mol. The van der Waals surface area contributed by atoms with E-state index >= 15 is 0 Å². The van der Waals surface area contributed by atoms with E-state index in [1.165, 1.54) is 11.1 Å². The highest BCUT2D eigenvalue weighted by molar-refractivity contribution is 7.11. The molecule has 1 saturated heterocycles. The van der Waals surface area contributed by atoms with Gasteiger partial charge in [-0.25, -0.2) is 5.43 Å². The minimum atomic E-state index is -0.0557. The van der Waals surface area contributed by atoms with Gasteiger partial charge in [-0.15, -0.1) is 11.3 Å². The van der Waals surface area contributed by atoms with Crippen LogP contribution in [0.5, 0.6) is 0 Å². The fraction of sp³-hybridized carbons (Fsp3) is 0.368. The number of nitrogens with zero attached hydrogens (tertiary/aromatic N) is 3. The van der Waals surface area contributed by atoms with E-state index in [1.54, 1.807) is 17.6 Å². The second-order valence-electron chi connectivity index (χ2n) is 6.35. The van der Waals surface area contributed by atoms with E-state index in [1.807, 2.05) is 17.5 Å². The summed E-state index contributed by atoms with van der Waals surface area (Å²) in [5.74, 6) is -0.0557. The van der Waals surface area contributed by atoms with E-state index in [0.29, 0.717) is 6.54 Å². The van der Waals surface area contributed by atoms with Crippen LogP contribution in [0.2, 0.25) is 0 Å². The molecule has 1 amide bonds. The number of aryl methyl sites for hydroxylation is 1. The highest BCUT2D eigenvalue weighted by atomic mass is 32.1. The normalized spacial score (nSPS) is 16.4. The molecule has 5 nitrogen and oxygen atoms in total. The van der Waals surface area contributed by atoms with Crippen LogP contribution in [-0.2, 0) is 11.3 Å². The molecule has 1 fully saturated rings. The zero-order valence-electron chi connectivity index (χ0n) is 14.5.